The number of rotatable bonds is 8. The lowest BCUT2D eigenvalue weighted by Gasteiger charge is -2.25. The Labute approximate surface area is 159 Å². The van der Waals surface area contributed by atoms with Gasteiger partial charge < -0.3 is 14.6 Å². The number of carboxylic acid groups (broad SMARTS) is 1. The van der Waals surface area contributed by atoms with Gasteiger partial charge in [0.05, 0.1) is 19.1 Å². The van der Waals surface area contributed by atoms with E-state index in [-0.39, 0.29) is 11.3 Å². The Morgan fingerprint density at radius 1 is 1.11 bits per heavy atom. The van der Waals surface area contributed by atoms with Gasteiger partial charge in [-0.05, 0) is 30.7 Å². The highest BCUT2D eigenvalue weighted by atomic mass is 32.2. The number of carboxylic acids is 1. The molecule has 0 saturated carbocycles. The number of sulfonamides is 1. The molecule has 0 aromatic heterocycles. The molecule has 2 aromatic rings. The zero-order chi connectivity index (χ0) is 20.2. The van der Waals surface area contributed by atoms with Gasteiger partial charge in [-0.15, -0.1) is 0 Å². The second-order valence-corrected chi connectivity index (χ2v) is 8.07. The number of likely N-dealkylation sites (N-methyl/N-ethyl adjacent to an activating group) is 1. The van der Waals surface area contributed by atoms with Crippen molar-refractivity contribution in [2.24, 2.45) is 0 Å². The molecule has 2 aromatic carbocycles. The van der Waals surface area contributed by atoms with Crippen LogP contribution in [0.5, 0.6) is 11.5 Å². The molecule has 0 bridgehead atoms. The number of ether oxygens (including phenoxy) is 2. The number of nitrogens with zero attached hydrogens (tertiary/aromatic N) is 1. The van der Waals surface area contributed by atoms with Gasteiger partial charge in [-0.2, -0.15) is 4.31 Å². The van der Waals surface area contributed by atoms with Crippen molar-refractivity contribution >= 4 is 16.0 Å². The molecule has 0 aliphatic carbocycles. The molecule has 0 saturated heterocycles. The number of aliphatic carboxylic acids is 1. The summed E-state index contributed by atoms with van der Waals surface area (Å²) in [5.74, 6) is -0.254. The number of aryl methyl sites for hydroxylation is 1. The Morgan fingerprint density at radius 2 is 1.74 bits per heavy atom. The molecular weight excluding hydrogens is 370 g/mol. The molecular formula is C19H23NO6S. The molecule has 146 valence electrons. The second-order valence-electron chi connectivity index (χ2n) is 6.07. The Morgan fingerprint density at radius 3 is 2.26 bits per heavy atom. The van der Waals surface area contributed by atoms with Gasteiger partial charge in [0.25, 0.3) is 0 Å². The number of carbonyl (C=O) groups is 1. The molecule has 0 aliphatic heterocycles. The summed E-state index contributed by atoms with van der Waals surface area (Å²) in [6.45, 7) is 1.84. The largest absolute Gasteiger partial charge is 0.497 e. The molecule has 1 N–H and O–H groups in total. The maximum atomic E-state index is 12.8. The average Bonchev–Trinajstić information content (AvgIpc) is 2.65. The highest BCUT2D eigenvalue weighted by Crippen LogP contribution is 2.27. The SMILES string of the molecule is COc1ccc(C[C@H](C(=O)O)N(C)S(=O)(=O)c2ccc(C)cc2)c(OC)c1. The van der Waals surface area contributed by atoms with Gasteiger partial charge in [0.1, 0.15) is 17.5 Å². The van der Waals surface area contributed by atoms with E-state index in [2.05, 4.69) is 0 Å². The number of benzene rings is 2. The lowest BCUT2D eigenvalue weighted by Crippen LogP contribution is -2.43. The third-order valence-corrected chi connectivity index (χ3v) is 6.21. The molecule has 0 radical (unpaired) electrons. The van der Waals surface area contributed by atoms with Crippen LogP contribution in [0.25, 0.3) is 0 Å². The molecule has 0 heterocycles. The fourth-order valence-corrected chi connectivity index (χ4v) is 3.96. The monoisotopic (exact) mass is 393 g/mol. The Kier molecular flexibility index (Phi) is 6.45. The maximum Gasteiger partial charge on any atom is 0.322 e. The Bertz CT molecular complexity index is 908. The Hall–Kier alpha value is -2.58. The fourth-order valence-electron chi connectivity index (χ4n) is 2.64. The Balaban J connectivity index is 2.37. The van der Waals surface area contributed by atoms with E-state index in [0.717, 1.165) is 9.87 Å². The van der Waals surface area contributed by atoms with Gasteiger partial charge in [0.2, 0.25) is 10.0 Å². The summed E-state index contributed by atoms with van der Waals surface area (Å²) in [5.41, 5.74) is 1.48. The van der Waals surface area contributed by atoms with Crippen molar-refractivity contribution < 1.29 is 27.8 Å². The van der Waals surface area contributed by atoms with E-state index in [1.54, 1.807) is 30.3 Å². The van der Waals surface area contributed by atoms with Crippen LogP contribution in [0.2, 0.25) is 0 Å². The van der Waals surface area contributed by atoms with Gasteiger partial charge in [-0.3, -0.25) is 4.79 Å². The molecule has 0 amide bonds. The molecule has 7 nitrogen and oxygen atoms in total. The van der Waals surface area contributed by atoms with Gasteiger partial charge in [0.15, 0.2) is 0 Å². The molecule has 27 heavy (non-hydrogen) atoms. The average molecular weight is 393 g/mol. The molecule has 0 spiro atoms. The number of hydrogen-bond donors (Lipinski definition) is 1. The maximum absolute atomic E-state index is 12.8. The van der Waals surface area contributed by atoms with Crippen molar-refractivity contribution in [1.29, 1.82) is 0 Å². The lowest BCUT2D eigenvalue weighted by molar-refractivity contribution is -0.141. The summed E-state index contributed by atoms with van der Waals surface area (Å²) in [7, 11) is 0.272. The van der Waals surface area contributed by atoms with E-state index in [9.17, 15) is 18.3 Å². The lowest BCUT2D eigenvalue weighted by atomic mass is 10.0. The van der Waals surface area contributed by atoms with Crippen LogP contribution in [-0.2, 0) is 21.2 Å². The topological polar surface area (TPSA) is 93.1 Å². The highest BCUT2D eigenvalue weighted by molar-refractivity contribution is 7.89. The van der Waals surface area contributed by atoms with Crippen molar-refractivity contribution in [2.75, 3.05) is 21.3 Å². The van der Waals surface area contributed by atoms with Crippen LogP contribution >= 0.6 is 0 Å². The van der Waals surface area contributed by atoms with E-state index in [0.29, 0.717) is 17.1 Å². The van der Waals surface area contributed by atoms with Crippen molar-refractivity contribution in [3.63, 3.8) is 0 Å². The summed E-state index contributed by atoms with van der Waals surface area (Å²) >= 11 is 0. The molecule has 2 rings (SSSR count). The zero-order valence-electron chi connectivity index (χ0n) is 15.7. The van der Waals surface area contributed by atoms with Gasteiger partial charge in [-0.25, -0.2) is 8.42 Å². The van der Waals surface area contributed by atoms with Crippen molar-refractivity contribution in [1.82, 2.24) is 4.31 Å². The molecule has 8 heteroatoms. The predicted molar refractivity (Wildman–Crippen MR) is 101 cm³/mol. The van der Waals surface area contributed by atoms with E-state index in [1.807, 2.05) is 6.92 Å². The third-order valence-electron chi connectivity index (χ3n) is 4.33. The first-order chi connectivity index (χ1) is 12.7. The first kappa shape index (κ1) is 20.7. The van der Waals surface area contributed by atoms with E-state index >= 15 is 0 Å². The molecule has 0 fully saturated rings. The second kappa shape index (κ2) is 8.41. The third kappa shape index (κ3) is 4.58. The van der Waals surface area contributed by atoms with Crippen molar-refractivity contribution in [3.05, 3.63) is 53.6 Å². The van der Waals surface area contributed by atoms with Crippen LogP contribution in [0.4, 0.5) is 0 Å². The van der Waals surface area contributed by atoms with Gasteiger partial charge in [0, 0.05) is 19.5 Å². The minimum absolute atomic E-state index is 0.0449. The van der Waals surface area contributed by atoms with Crippen LogP contribution in [0.1, 0.15) is 11.1 Å². The predicted octanol–water partition coefficient (Wildman–Crippen LogP) is 2.33. The number of methoxy groups -OCH3 is 2. The van der Waals surface area contributed by atoms with Gasteiger partial charge >= 0.3 is 5.97 Å². The fraction of sp³-hybridized carbons (Fsp3) is 0.316. The zero-order valence-corrected chi connectivity index (χ0v) is 16.5. The van der Waals surface area contributed by atoms with Crippen molar-refractivity contribution in [3.8, 4) is 11.5 Å². The van der Waals surface area contributed by atoms with Crippen LogP contribution in [-0.4, -0.2) is 51.1 Å². The number of hydrogen-bond acceptors (Lipinski definition) is 5. The first-order valence-corrected chi connectivity index (χ1v) is 9.63. The summed E-state index contributed by atoms with van der Waals surface area (Å²) < 4.78 is 37.0. The summed E-state index contributed by atoms with van der Waals surface area (Å²) in [4.78, 5) is 11.9. The van der Waals surface area contributed by atoms with Crippen LogP contribution < -0.4 is 9.47 Å². The van der Waals surface area contributed by atoms with E-state index in [4.69, 9.17) is 9.47 Å². The normalized spacial score (nSPS) is 12.6. The molecule has 0 unspecified atom stereocenters. The summed E-state index contributed by atoms with van der Waals surface area (Å²) in [6.07, 6.45) is -0.0515. The van der Waals surface area contributed by atoms with E-state index in [1.165, 1.54) is 33.4 Å². The summed E-state index contributed by atoms with van der Waals surface area (Å²) in [6, 6.07) is 9.95. The van der Waals surface area contributed by atoms with Crippen molar-refractivity contribution in [2.45, 2.75) is 24.3 Å². The first-order valence-electron chi connectivity index (χ1n) is 8.19. The van der Waals surface area contributed by atoms with Crippen LogP contribution in [0, 0.1) is 6.92 Å². The molecule has 0 aliphatic rings. The minimum atomic E-state index is -3.97. The van der Waals surface area contributed by atoms with Crippen LogP contribution in [0.3, 0.4) is 0 Å². The highest BCUT2D eigenvalue weighted by Gasteiger charge is 2.33. The minimum Gasteiger partial charge on any atom is -0.497 e. The standard InChI is InChI=1S/C19H23NO6S/c1-13-5-9-16(10-6-13)27(23,24)20(2)17(19(21)22)11-14-7-8-15(25-3)12-18(14)26-4/h5-10,12,17H,11H2,1-4H3,(H,21,22)/t17-/m1/s1. The van der Waals surface area contributed by atoms with E-state index < -0.39 is 22.0 Å². The molecule has 1 atom stereocenters. The summed E-state index contributed by atoms with van der Waals surface area (Å²) in [5, 5.41) is 9.65. The quantitative estimate of drug-likeness (QED) is 0.740. The van der Waals surface area contributed by atoms with Gasteiger partial charge in [-0.1, -0.05) is 23.8 Å². The smallest absolute Gasteiger partial charge is 0.322 e. The van der Waals surface area contributed by atoms with Crippen LogP contribution in [0.15, 0.2) is 47.4 Å².